The van der Waals surface area contributed by atoms with Gasteiger partial charge in [-0.05, 0) is 51.0 Å². The van der Waals surface area contributed by atoms with Crippen molar-refractivity contribution in [2.24, 2.45) is 0 Å². The van der Waals surface area contributed by atoms with E-state index in [-0.39, 0.29) is 18.0 Å². The van der Waals surface area contributed by atoms with Crippen LogP contribution in [0.5, 0.6) is 0 Å². The van der Waals surface area contributed by atoms with Gasteiger partial charge in [-0.15, -0.1) is 0 Å². The maximum absolute atomic E-state index is 12.7. The number of nitrogens with zero attached hydrogens (tertiary/aromatic N) is 4. The number of pyridine rings is 1. The predicted molar refractivity (Wildman–Crippen MR) is 114 cm³/mol. The molecule has 2 aliphatic heterocycles. The van der Waals surface area contributed by atoms with E-state index in [0.29, 0.717) is 31.9 Å². The van der Waals surface area contributed by atoms with E-state index in [1.165, 1.54) is 0 Å². The first-order chi connectivity index (χ1) is 14.5. The van der Waals surface area contributed by atoms with Crippen molar-refractivity contribution in [3.63, 3.8) is 0 Å². The van der Waals surface area contributed by atoms with Gasteiger partial charge in [-0.3, -0.25) is 4.79 Å². The number of urea groups is 1. The second-order valence-electron chi connectivity index (χ2n) is 8.04. The second kappa shape index (κ2) is 8.77. The molecule has 4 rings (SSSR count). The van der Waals surface area contributed by atoms with Crippen LogP contribution in [0.2, 0.25) is 0 Å². The number of amides is 3. The largest absolute Gasteiger partial charge is 0.456 e. The third-order valence-corrected chi connectivity index (χ3v) is 5.83. The number of rotatable bonds is 3. The highest BCUT2D eigenvalue weighted by atomic mass is 16.3. The first-order valence-corrected chi connectivity index (χ1v) is 10.6. The summed E-state index contributed by atoms with van der Waals surface area (Å²) in [6, 6.07) is 9.69. The van der Waals surface area contributed by atoms with Gasteiger partial charge in [0.25, 0.3) is 5.91 Å². The molecular formula is C22H29N5O3. The molecule has 0 saturated carbocycles. The minimum atomic E-state index is -0.111. The third kappa shape index (κ3) is 4.58. The normalized spacial score (nSPS) is 17.9. The standard InChI is InChI=1S/C22H29N5O3/c1-16-4-3-5-20(23-16)25-10-8-18(9-11-25)24-22(29)27-14-12-26(13-15-27)21(28)19-7-6-17(2)30-19/h3-7,18H,8-15H2,1-2H3,(H,24,29). The van der Waals surface area contributed by atoms with Gasteiger partial charge in [0.05, 0.1) is 0 Å². The number of anilines is 1. The molecule has 2 saturated heterocycles. The summed E-state index contributed by atoms with van der Waals surface area (Å²) in [5.41, 5.74) is 1.02. The molecule has 3 amide bonds. The second-order valence-corrected chi connectivity index (χ2v) is 8.04. The number of furan rings is 1. The minimum Gasteiger partial charge on any atom is -0.456 e. The van der Waals surface area contributed by atoms with Crippen LogP contribution < -0.4 is 10.2 Å². The van der Waals surface area contributed by atoms with E-state index in [1.807, 2.05) is 32.0 Å². The van der Waals surface area contributed by atoms with Gasteiger partial charge in [-0.1, -0.05) is 6.07 Å². The van der Waals surface area contributed by atoms with E-state index >= 15 is 0 Å². The maximum Gasteiger partial charge on any atom is 0.317 e. The molecule has 2 fully saturated rings. The van der Waals surface area contributed by atoms with E-state index < -0.39 is 0 Å². The van der Waals surface area contributed by atoms with Gasteiger partial charge in [-0.25, -0.2) is 9.78 Å². The first kappa shape index (κ1) is 20.3. The summed E-state index contributed by atoms with van der Waals surface area (Å²) in [5, 5.41) is 3.17. The van der Waals surface area contributed by atoms with Crippen LogP contribution in [0, 0.1) is 13.8 Å². The number of piperazine rings is 1. The number of piperidine rings is 1. The summed E-state index contributed by atoms with van der Waals surface area (Å²) < 4.78 is 5.43. The van der Waals surface area contributed by atoms with Gasteiger partial charge in [0.1, 0.15) is 11.6 Å². The molecule has 0 spiro atoms. The van der Waals surface area contributed by atoms with E-state index in [9.17, 15) is 9.59 Å². The fraction of sp³-hybridized carbons (Fsp3) is 0.500. The summed E-state index contributed by atoms with van der Waals surface area (Å²) in [6.07, 6.45) is 1.80. The molecule has 0 bridgehead atoms. The van der Waals surface area contributed by atoms with Crippen molar-refractivity contribution >= 4 is 17.8 Å². The van der Waals surface area contributed by atoms with E-state index in [2.05, 4.69) is 15.2 Å². The van der Waals surface area contributed by atoms with E-state index in [1.54, 1.807) is 21.9 Å². The Morgan fingerprint density at radius 2 is 1.67 bits per heavy atom. The van der Waals surface area contributed by atoms with Crippen LogP contribution in [0.4, 0.5) is 10.6 Å². The maximum atomic E-state index is 12.7. The summed E-state index contributed by atoms with van der Waals surface area (Å²) in [5.74, 6) is 1.98. The molecule has 2 aromatic rings. The zero-order valence-corrected chi connectivity index (χ0v) is 17.6. The predicted octanol–water partition coefficient (Wildman–Crippen LogP) is 2.43. The zero-order valence-electron chi connectivity index (χ0n) is 17.6. The fourth-order valence-corrected chi connectivity index (χ4v) is 4.04. The van der Waals surface area contributed by atoms with Crippen molar-refractivity contribution in [3.8, 4) is 0 Å². The monoisotopic (exact) mass is 411 g/mol. The van der Waals surface area contributed by atoms with Crippen LogP contribution in [0.15, 0.2) is 34.7 Å². The number of carbonyl (C=O) groups is 2. The summed E-state index contributed by atoms with van der Waals surface area (Å²) in [7, 11) is 0. The van der Waals surface area contributed by atoms with Gasteiger partial charge in [0, 0.05) is 51.0 Å². The Morgan fingerprint density at radius 3 is 2.30 bits per heavy atom. The van der Waals surface area contributed by atoms with Gasteiger partial charge >= 0.3 is 6.03 Å². The Labute approximate surface area is 176 Å². The molecule has 0 atom stereocenters. The van der Waals surface area contributed by atoms with Crippen LogP contribution in [0.1, 0.15) is 34.9 Å². The average Bonchev–Trinajstić information content (AvgIpc) is 3.20. The molecule has 160 valence electrons. The molecule has 0 aromatic carbocycles. The van der Waals surface area contributed by atoms with Gasteiger partial charge in [0.15, 0.2) is 5.76 Å². The number of hydrogen-bond donors (Lipinski definition) is 1. The van der Waals surface area contributed by atoms with Crippen molar-refractivity contribution in [2.45, 2.75) is 32.7 Å². The van der Waals surface area contributed by atoms with Crippen molar-refractivity contribution < 1.29 is 14.0 Å². The molecular weight excluding hydrogens is 382 g/mol. The molecule has 0 unspecified atom stereocenters. The van der Waals surface area contributed by atoms with Crippen LogP contribution in [0.25, 0.3) is 0 Å². The van der Waals surface area contributed by atoms with Crippen molar-refractivity contribution in [3.05, 3.63) is 47.5 Å². The average molecular weight is 412 g/mol. The molecule has 4 heterocycles. The lowest BCUT2D eigenvalue weighted by Crippen LogP contribution is -2.55. The van der Waals surface area contributed by atoms with Crippen LogP contribution >= 0.6 is 0 Å². The Kier molecular flexibility index (Phi) is 5.92. The van der Waals surface area contributed by atoms with Gasteiger partial charge in [-0.2, -0.15) is 0 Å². The zero-order chi connectivity index (χ0) is 21.1. The topological polar surface area (TPSA) is 81.9 Å². The molecule has 2 aliphatic rings. The lowest BCUT2D eigenvalue weighted by atomic mass is 10.1. The van der Waals surface area contributed by atoms with Crippen molar-refractivity contribution in [1.82, 2.24) is 20.1 Å². The van der Waals surface area contributed by atoms with Crippen molar-refractivity contribution in [2.75, 3.05) is 44.2 Å². The molecule has 2 aromatic heterocycles. The highest BCUT2D eigenvalue weighted by Crippen LogP contribution is 2.19. The lowest BCUT2D eigenvalue weighted by molar-refractivity contribution is 0.0631. The highest BCUT2D eigenvalue weighted by molar-refractivity contribution is 5.91. The quantitative estimate of drug-likeness (QED) is 0.839. The lowest BCUT2D eigenvalue weighted by Gasteiger charge is -2.37. The molecule has 8 nitrogen and oxygen atoms in total. The Hall–Kier alpha value is -3.03. The summed E-state index contributed by atoms with van der Waals surface area (Å²) in [6.45, 7) is 7.68. The Bertz CT molecular complexity index is 896. The van der Waals surface area contributed by atoms with Crippen LogP contribution in [0.3, 0.4) is 0 Å². The summed E-state index contributed by atoms with van der Waals surface area (Å²) in [4.78, 5) is 35.6. The van der Waals surface area contributed by atoms with Crippen LogP contribution in [-0.4, -0.2) is 72.0 Å². The number of aryl methyl sites for hydroxylation is 2. The number of nitrogens with one attached hydrogen (secondary N) is 1. The molecule has 30 heavy (non-hydrogen) atoms. The molecule has 0 aliphatic carbocycles. The summed E-state index contributed by atoms with van der Waals surface area (Å²) >= 11 is 0. The fourth-order valence-electron chi connectivity index (χ4n) is 4.04. The number of hydrogen-bond acceptors (Lipinski definition) is 5. The van der Waals surface area contributed by atoms with Crippen LogP contribution in [-0.2, 0) is 0 Å². The van der Waals surface area contributed by atoms with Gasteiger partial charge in [0.2, 0.25) is 0 Å². The van der Waals surface area contributed by atoms with E-state index in [0.717, 1.165) is 43.2 Å². The minimum absolute atomic E-state index is 0.0388. The smallest absolute Gasteiger partial charge is 0.317 e. The first-order valence-electron chi connectivity index (χ1n) is 10.6. The van der Waals surface area contributed by atoms with E-state index in [4.69, 9.17) is 4.42 Å². The Morgan fingerprint density at radius 1 is 0.967 bits per heavy atom. The SMILES string of the molecule is Cc1cccc(N2CCC(NC(=O)N3CCN(C(=O)c4ccc(C)o4)CC3)CC2)n1. The third-order valence-electron chi connectivity index (χ3n) is 5.83. The molecule has 8 heteroatoms. The van der Waals surface area contributed by atoms with Gasteiger partial charge < -0.3 is 24.4 Å². The Balaban J connectivity index is 1.22. The number of carbonyl (C=O) groups excluding carboxylic acids is 2. The van der Waals surface area contributed by atoms with Crippen molar-refractivity contribution in [1.29, 1.82) is 0 Å². The highest BCUT2D eigenvalue weighted by Gasteiger charge is 2.28. The molecule has 0 radical (unpaired) electrons. The number of aromatic nitrogens is 1. The molecule has 1 N–H and O–H groups in total.